The molecule has 8 heteroatoms. The van der Waals surface area contributed by atoms with Crippen LogP contribution in [-0.2, 0) is 15.4 Å². The summed E-state index contributed by atoms with van der Waals surface area (Å²) < 4.78 is 35.5. The van der Waals surface area contributed by atoms with Crippen molar-refractivity contribution in [2.24, 2.45) is 0 Å². The third kappa shape index (κ3) is 4.47. The summed E-state index contributed by atoms with van der Waals surface area (Å²) >= 11 is 0. The van der Waals surface area contributed by atoms with Gasteiger partial charge in [0.15, 0.2) is 0 Å². The summed E-state index contributed by atoms with van der Waals surface area (Å²) in [6.07, 6.45) is 3.56. The van der Waals surface area contributed by atoms with Crippen molar-refractivity contribution in [1.29, 1.82) is 0 Å². The maximum Gasteiger partial charge on any atom is 0.268 e. The monoisotopic (exact) mass is 463 g/mol. The molecule has 0 radical (unpaired) electrons. The molecule has 0 aliphatic heterocycles. The summed E-state index contributed by atoms with van der Waals surface area (Å²) in [6, 6.07) is 17.4. The van der Waals surface area contributed by atoms with Gasteiger partial charge in [0, 0.05) is 23.3 Å². The fraction of sp³-hybridized carbons (Fsp3) is 0.200. The van der Waals surface area contributed by atoms with Crippen LogP contribution in [0.1, 0.15) is 36.7 Å². The molecule has 33 heavy (non-hydrogen) atoms. The van der Waals surface area contributed by atoms with Crippen LogP contribution in [0.15, 0.2) is 78.0 Å². The van der Waals surface area contributed by atoms with Crippen LogP contribution in [0.25, 0.3) is 16.7 Å². The number of sulfonamides is 1. The highest BCUT2D eigenvalue weighted by Crippen LogP contribution is 2.31. The smallest absolute Gasteiger partial charge is 0.268 e. The van der Waals surface area contributed by atoms with Gasteiger partial charge in [0.1, 0.15) is 16.5 Å². The fourth-order valence-electron chi connectivity index (χ4n) is 3.57. The summed E-state index contributed by atoms with van der Waals surface area (Å²) in [4.78, 5) is 17.2. The molecular weight excluding hydrogens is 438 g/mol. The van der Waals surface area contributed by atoms with Gasteiger partial charge in [0.05, 0.1) is 12.6 Å². The molecule has 0 aliphatic rings. The Morgan fingerprint density at radius 2 is 1.82 bits per heavy atom. The van der Waals surface area contributed by atoms with Crippen molar-refractivity contribution < 1.29 is 17.9 Å². The van der Waals surface area contributed by atoms with Gasteiger partial charge in [0.2, 0.25) is 0 Å². The quantitative estimate of drug-likeness (QED) is 0.472. The highest BCUT2D eigenvalue weighted by atomic mass is 32.2. The van der Waals surface area contributed by atoms with Gasteiger partial charge in [0.25, 0.3) is 15.9 Å². The van der Waals surface area contributed by atoms with Gasteiger partial charge < -0.3 is 9.30 Å². The second kappa shape index (κ2) is 8.37. The van der Waals surface area contributed by atoms with Crippen molar-refractivity contribution in [1.82, 2.24) is 14.3 Å². The van der Waals surface area contributed by atoms with E-state index in [1.165, 1.54) is 7.11 Å². The van der Waals surface area contributed by atoms with Gasteiger partial charge in [-0.05, 0) is 59.5 Å². The summed E-state index contributed by atoms with van der Waals surface area (Å²) in [5.41, 5.74) is 1.63. The first-order valence-electron chi connectivity index (χ1n) is 10.4. The van der Waals surface area contributed by atoms with Gasteiger partial charge in [-0.3, -0.25) is 4.79 Å². The molecule has 2 aromatic carbocycles. The van der Waals surface area contributed by atoms with Crippen LogP contribution in [0.4, 0.5) is 0 Å². The number of carbonyl (C=O) groups is 1. The highest BCUT2D eigenvalue weighted by molar-refractivity contribution is 7.90. The number of ether oxygens (including phenoxy) is 1. The average molecular weight is 464 g/mol. The number of nitrogens with one attached hydrogen (secondary N) is 1. The molecule has 0 saturated carbocycles. The van der Waals surface area contributed by atoms with Crippen molar-refractivity contribution >= 4 is 26.8 Å². The van der Waals surface area contributed by atoms with Crippen LogP contribution in [0.2, 0.25) is 0 Å². The first kappa shape index (κ1) is 22.5. The zero-order chi connectivity index (χ0) is 23.8. The Morgan fingerprint density at radius 3 is 2.48 bits per heavy atom. The second-order valence-electron chi connectivity index (χ2n) is 8.70. The Balaban J connectivity index is 1.65. The number of hydrogen-bond donors (Lipinski definition) is 1. The Kier molecular flexibility index (Phi) is 5.71. The molecule has 2 heterocycles. The minimum absolute atomic E-state index is 0.0758. The third-order valence-corrected chi connectivity index (χ3v) is 6.75. The molecule has 0 bridgehead atoms. The zero-order valence-electron chi connectivity index (χ0n) is 18.9. The largest absolute Gasteiger partial charge is 0.495 e. The molecule has 2 aromatic heterocycles. The predicted octanol–water partition coefficient (Wildman–Crippen LogP) is 4.45. The molecular formula is C25H25N3O4S. The minimum Gasteiger partial charge on any atom is -0.495 e. The molecule has 4 rings (SSSR count). The van der Waals surface area contributed by atoms with Crippen molar-refractivity contribution in [2.75, 3.05) is 7.11 Å². The van der Waals surface area contributed by atoms with E-state index >= 15 is 0 Å². The fourth-order valence-corrected chi connectivity index (χ4v) is 4.74. The maximum atomic E-state index is 13.1. The van der Waals surface area contributed by atoms with E-state index < -0.39 is 15.9 Å². The van der Waals surface area contributed by atoms with Crippen LogP contribution < -0.4 is 9.46 Å². The Hall–Kier alpha value is -3.65. The van der Waals surface area contributed by atoms with Crippen molar-refractivity contribution in [2.45, 2.75) is 31.1 Å². The predicted molar refractivity (Wildman–Crippen MR) is 127 cm³/mol. The van der Waals surface area contributed by atoms with Crippen LogP contribution in [0.3, 0.4) is 0 Å². The summed E-state index contributed by atoms with van der Waals surface area (Å²) in [5, 5.41) is 0.790. The van der Waals surface area contributed by atoms with E-state index in [1.807, 2.05) is 61.9 Å². The van der Waals surface area contributed by atoms with Crippen LogP contribution >= 0.6 is 0 Å². The summed E-state index contributed by atoms with van der Waals surface area (Å²) in [5.74, 6) is 0.204. The van der Waals surface area contributed by atoms with E-state index in [1.54, 1.807) is 36.5 Å². The lowest BCUT2D eigenvalue weighted by Gasteiger charge is -2.21. The number of fused-ring (bicyclic) bond motifs is 1. The maximum absolute atomic E-state index is 13.1. The average Bonchev–Trinajstić information content (AvgIpc) is 3.21. The Labute approximate surface area is 193 Å². The number of methoxy groups -OCH3 is 1. The first-order chi connectivity index (χ1) is 15.6. The molecule has 1 N–H and O–H groups in total. The van der Waals surface area contributed by atoms with Gasteiger partial charge in [-0.25, -0.2) is 18.1 Å². The van der Waals surface area contributed by atoms with Crippen molar-refractivity contribution in [3.63, 3.8) is 0 Å². The standard InChI is InChI=1S/C25H25N3O4S/c1-25(2,3)19-9-11-21(32-4)22(16-19)33(30,31)27-24(29)18-8-10-20-17(15-18)12-14-28(20)23-7-5-6-13-26-23/h5-16H,1-4H3,(H,27,29). The van der Waals surface area contributed by atoms with Gasteiger partial charge in [-0.1, -0.05) is 32.9 Å². The van der Waals surface area contributed by atoms with E-state index in [-0.39, 0.29) is 21.6 Å². The number of pyridine rings is 1. The zero-order valence-corrected chi connectivity index (χ0v) is 19.7. The lowest BCUT2D eigenvalue weighted by molar-refractivity contribution is 0.0981. The molecule has 0 spiro atoms. The van der Waals surface area contributed by atoms with E-state index in [2.05, 4.69) is 9.71 Å². The van der Waals surface area contributed by atoms with E-state index in [4.69, 9.17) is 4.74 Å². The number of amides is 1. The van der Waals surface area contributed by atoms with Gasteiger partial charge >= 0.3 is 0 Å². The molecule has 0 saturated heterocycles. The van der Waals surface area contributed by atoms with Crippen LogP contribution in [0.5, 0.6) is 5.75 Å². The molecule has 7 nitrogen and oxygen atoms in total. The van der Waals surface area contributed by atoms with Crippen LogP contribution in [0, 0.1) is 0 Å². The van der Waals surface area contributed by atoms with Crippen molar-refractivity contribution in [3.05, 3.63) is 84.2 Å². The Morgan fingerprint density at radius 1 is 1.03 bits per heavy atom. The number of hydrogen-bond acceptors (Lipinski definition) is 5. The lowest BCUT2D eigenvalue weighted by atomic mass is 9.87. The van der Waals surface area contributed by atoms with Gasteiger partial charge in [-0.2, -0.15) is 0 Å². The lowest BCUT2D eigenvalue weighted by Crippen LogP contribution is -2.31. The van der Waals surface area contributed by atoms with E-state index in [0.29, 0.717) is 0 Å². The second-order valence-corrected chi connectivity index (χ2v) is 10.3. The molecule has 170 valence electrons. The van der Waals surface area contributed by atoms with E-state index in [0.717, 1.165) is 22.3 Å². The molecule has 0 atom stereocenters. The normalized spacial score (nSPS) is 12.0. The third-order valence-electron chi connectivity index (χ3n) is 5.39. The van der Waals surface area contributed by atoms with Gasteiger partial charge in [-0.15, -0.1) is 0 Å². The summed E-state index contributed by atoms with van der Waals surface area (Å²) in [7, 11) is -2.77. The molecule has 4 aromatic rings. The number of aromatic nitrogens is 2. The topological polar surface area (TPSA) is 90.3 Å². The molecule has 0 fully saturated rings. The van der Waals surface area contributed by atoms with Crippen LogP contribution in [-0.4, -0.2) is 31.0 Å². The van der Waals surface area contributed by atoms with E-state index in [9.17, 15) is 13.2 Å². The number of nitrogens with zero attached hydrogens (tertiary/aromatic N) is 2. The Bertz CT molecular complexity index is 1440. The number of benzene rings is 2. The molecule has 1 amide bonds. The minimum atomic E-state index is -4.16. The first-order valence-corrected chi connectivity index (χ1v) is 11.9. The number of rotatable bonds is 5. The number of carbonyl (C=O) groups excluding carboxylic acids is 1. The highest BCUT2D eigenvalue weighted by Gasteiger charge is 2.26. The SMILES string of the molecule is COc1ccc(C(C)(C)C)cc1S(=O)(=O)NC(=O)c1ccc2c(ccn2-c2ccccn2)c1. The molecule has 0 aliphatic carbocycles. The molecule has 0 unspecified atom stereocenters. The summed E-state index contributed by atoms with van der Waals surface area (Å²) in [6.45, 7) is 5.95. The van der Waals surface area contributed by atoms with Crippen molar-refractivity contribution in [3.8, 4) is 11.6 Å².